The minimum absolute atomic E-state index is 0.0949. The number of carbonyl (C=O) groups is 2. The molecule has 0 aliphatic carbocycles. The third-order valence-corrected chi connectivity index (χ3v) is 4.20. The third-order valence-electron chi connectivity index (χ3n) is 3.87. The van der Waals surface area contributed by atoms with Gasteiger partial charge in [0.1, 0.15) is 5.82 Å². The van der Waals surface area contributed by atoms with Crippen molar-refractivity contribution in [3.63, 3.8) is 0 Å². The molecule has 2 aromatic carbocycles. The zero-order valence-corrected chi connectivity index (χ0v) is 15.0. The average Bonchev–Trinajstić information content (AvgIpc) is 2.55. The Bertz CT molecular complexity index is 836. The van der Waals surface area contributed by atoms with E-state index in [2.05, 4.69) is 0 Å². The smallest absolute Gasteiger partial charge is 0.331 e. The van der Waals surface area contributed by atoms with Crippen LogP contribution < -0.4 is 0 Å². The van der Waals surface area contributed by atoms with Crippen LogP contribution in [-0.4, -0.2) is 18.4 Å². The van der Waals surface area contributed by atoms with Crippen LogP contribution in [0.5, 0.6) is 0 Å². The van der Waals surface area contributed by atoms with Gasteiger partial charge in [-0.1, -0.05) is 23.7 Å². The van der Waals surface area contributed by atoms with Crippen LogP contribution in [0.3, 0.4) is 0 Å². The molecule has 0 spiro atoms. The molecule has 2 rings (SSSR count). The van der Waals surface area contributed by atoms with Crippen molar-refractivity contribution in [2.24, 2.45) is 0 Å². The van der Waals surface area contributed by atoms with Crippen molar-refractivity contribution in [1.82, 2.24) is 0 Å². The van der Waals surface area contributed by atoms with Gasteiger partial charge in [0.2, 0.25) is 5.78 Å². The second kappa shape index (κ2) is 8.08. The van der Waals surface area contributed by atoms with Gasteiger partial charge in [-0.05, 0) is 61.7 Å². The van der Waals surface area contributed by atoms with Gasteiger partial charge < -0.3 is 4.74 Å². The summed E-state index contributed by atoms with van der Waals surface area (Å²) in [5.41, 5.74) is 3.54. The third kappa shape index (κ3) is 4.77. The maximum absolute atomic E-state index is 13.6. The lowest BCUT2D eigenvalue weighted by Gasteiger charge is -2.09. The number of ketones is 1. The lowest BCUT2D eigenvalue weighted by atomic mass is 9.98. The van der Waals surface area contributed by atoms with E-state index >= 15 is 0 Å². The molecule has 0 N–H and O–H groups in total. The first-order valence-electron chi connectivity index (χ1n) is 7.69. The van der Waals surface area contributed by atoms with Gasteiger partial charge in [0.05, 0.1) is 5.02 Å². The van der Waals surface area contributed by atoms with Crippen molar-refractivity contribution < 1.29 is 18.7 Å². The number of aryl methyl sites for hydroxylation is 3. The number of halogens is 2. The molecule has 0 saturated carbocycles. The minimum atomic E-state index is -0.742. The molecular formula is C20H18ClFO3. The summed E-state index contributed by atoms with van der Waals surface area (Å²) in [6, 6.07) is 7.93. The topological polar surface area (TPSA) is 43.4 Å². The summed E-state index contributed by atoms with van der Waals surface area (Å²) in [7, 11) is 0. The van der Waals surface area contributed by atoms with Crippen LogP contribution in [0.25, 0.3) is 6.08 Å². The van der Waals surface area contributed by atoms with Crippen molar-refractivity contribution in [2.45, 2.75) is 20.8 Å². The molecule has 0 bridgehead atoms. The molecule has 0 radical (unpaired) electrons. The van der Waals surface area contributed by atoms with Crippen LogP contribution in [0.4, 0.5) is 4.39 Å². The van der Waals surface area contributed by atoms with Gasteiger partial charge in [-0.15, -0.1) is 0 Å². The fourth-order valence-corrected chi connectivity index (χ4v) is 2.57. The quantitative estimate of drug-likeness (QED) is 0.435. The molecule has 0 unspecified atom stereocenters. The summed E-state index contributed by atoms with van der Waals surface area (Å²) in [6.07, 6.45) is 2.27. The van der Waals surface area contributed by atoms with Crippen LogP contribution in [0.2, 0.25) is 5.02 Å². The van der Waals surface area contributed by atoms with E-state index in [1.807, 2.05) is 26.8 Å². The number of ether oxygens (including phenoxy) is 1. The summed E-state index contributed by atoms with van der Waals surface area (Å²) in [5, 5.41) is 0.186. The number of hydrogen-bond acceptors (Lipinski definition) is 3. The molecule has 130 valence electrons. The van der Waals surface area contributed by atoms with Gasteiger partial charge in [0.15, 0.2) is 6.61 Å². The summed E-state index contributed by atoms with van der Waals surface area (Å²) in [4.78, 5) is 24.0. The van der Waals surface area contributed by atoms with Gasteiger partial charge in [0, 0.05) is 17.2 Å². The van der Waals surface area contributed by atoms with Gasteiger partial charge >= 0.3 is 5.97 Å². The highest BCUT2D eigenvalue weighted by Gasteiger charge is 2.13. The molecule has 0 heterocycles. The van der Waals surface area contributed by atoms with E-state index < -0.39 is 11.8 Å². The Morgan fingerprint density at radius 2 is 1.80 bits per heavy atom. The van der Waals surface area contributed by atoms with E-state index in [1.54, 1.807) is 6.07 Å². The highest BCUT2D eigenvalue weighted by Crippen LogP contribution is 2.20. The number of Topliss-reactive ketones (excluding diaryl/α,β-unsaturated/α-hetero) is 1. The van der Waals surface area contributed by atoms with Crippen LogP contribution in [-0.2, 0) is 9.53 Å². The Balaban J connectivity index is 2.02. The fraction of sp³-hybridized carbons (Fsp3) is 0.200. The van der Waals surface area contributed by atoms with Crippen molar-refractivity contribution in [2.75, 3.05) is 6.61 Å². The Labute approximate surface area is 151 Å². The molecular weight excluding hydrogens is 343 g/mol. The zero-order valence-electron chi connectivity index (χ0n) is 14.2. The van der Waals surface area contributed by atoms with E-state index in [0.29, 0.717) is 5.56 Å². The molecule has 2 aromatic rings. The van der Waals surface area contributed by atoms with E-state index in [0.717, 1.165) is 22.8 Å². The molecule has 0 amide bonds. The second-order valence-corrected chi connectivity index (χ2v) is 6.16. The molecule has 0 aromatic heterocycles. The Kier molecular flexibility index (Phi) is 6.10. The van der Waals surface area contributed by atoms with E-state index in [4.69, 9.17) is 16.3 Å². The summed E-state index contributed by atoms with van der Waals surface area (Å²) in [6.45, 7) is 5.34. The maximum atomic E-state index is 13.6. The van der Waals surface area contributed by atoms with E-state index in [1.165, 1.54) is 24.3 Å². The number of hydrogen-bond donors (Lipinski definition) is 0. The molecule has 25 heavy (non-hydrogen) atoms. The predicted molar refractivity (Wildman–Crippen MR) is 96.4 cm³/mol. The zero-order chi connectivity index (χ0) is 18.6. The summed E-state index contributed by atoms with van der Waals surface area (Å²) >= 11 is 5.87. The average molecular weight is 361 g/mol. The van der Waals surface area contributed by atoms with E-state index in [-0.39, 0.29) is 23.0 Å². The summed E-state index contributed by atoms with van der Waals surface area (Å²) < 4.78 is 18.6. The normalized spacial score (nSPS) is 10.9. The Morgan fingerprint density at radius 3 is 2.48 bits per heavy atom. The number of rotatable bonds is 5. The summed E-state index contributed by atoms with van der Waals surface area (Å²) in [5.74, 6) is -1.57. The van der Waals surface area contributed by atoms with Crippen molar-refractivity contribution in [3.05, 3.63) is 75.1 Å². The molecule has 0 atom stereocenters. The molecule has 5 heteroatoms. The number of carbonyl (C=O) groups excluding carboxylic acids is 2. The lowest BCUT2D eigenvalue weighted by Crippen LogP contribution is -2.14. The first-order chi connectivity index (χ1) is 11.8. The SMILES string of the molecule is Cc1cc(C)c(C(=O)COC(=O)/C=C/c2c(F)cccc2Cl)cc1C. The van der Waals surface area contributed by atoms with Gasteiger partial charge in [0.25, 0.3) is 0 Å². The van der Waals surface area contributed by atoms with Gasteiger partial charge in [-0.3, -0.25) is 4.79 Å². The van der Waals surface area contributed by atoms with Crippen LogP contribution in [0.1, 0.15) is 32.6 Å². The van der Waals surface area contributed by atoms with Crippen molar-refractivity contribution in [1.29, 1.82) is 0 Å². The second-order valence-electron chi connectivity index (χ2n) is 5.75. The van der Waals surface area contributed by atoms with E-state index in [9.17, 15) is 14.0 Å². The lowest BCUT2D eigenvalue weighted by molar-refractivity contribution is -0.136. The monoisotopic (exact) mass is 360 g/mol. The predicted octanol–water partition coefficient (Wildman–Crippen LogP) is 4.84. The highest BCUT2D eigenvalue weighted by molar-refractivity contribution is 6.32. The van der Waals surface area contributed by atoms with Crippen LogP contribution >= 0.6 is 11.6 Å². The van der Waals surface area contributed by atoms with Crippen molar-refractivity contribution in [3.8, 4) is 0 Å². The molecule has 0 aliphatic heterocycles. The van der Waals surface area contributed by atoms with Crippen LogP contribution in [0, 0.1) is 26.6 Å². The largest absolute Gasteiger partial charge is 0.454 e. The van der Waals surface area contributed by atoms with Gasteiger partial charge in [-0.2, -0.15) is 0 Å². The molecule has 3 nitrogen and oxygen atoms in total. The molecule has 0 fully saturated rings. The Hall–Kier alpha value is -2.46. The Morgan fingerprint density at radius 1 is 1.12 bits per heavy atom. The maximum Gasteiger partial charge on any atom is 0.331 e. The number of benzene rings is 2. The highest BCUT2D eigenvalue weighted by atomic mass is 35.5. The molecule has 0 saturated heterocycles. The minimum Gasteiger partial charge on any atom is -0.454 e. The van der Waals surface area contributed by atoms with Crippen LogP contribution in [0.15, 0.2) is 36.4 Å². The van der Waals surface area contributed by atoms with Crippen molar-refractivity contribution >= 4 is 29.4 Å². The first kappa shape index (κ1) is 18.9. The van der Waals surface area contributed by atoms with Gasteiger partial charge in [-0.25, -0.2) is 9.18 Å². The standard InChI is InChI=1S/C20H18ClFO3/c1-12-9-14(3)16(10-13(12)2)19(23)11-25-20(24)8-7-15-17(21)5-4-6-18(15)22/h4-10H,11H2,1-3H3/b8-7+. The fourth-order valence-electron chi connectivity index (χ4n) is 2.34. The number of esters is 1. The molecule has 0 aliphatic rings. The first-order valence-corrected chi connectivity index (χ1v) is 8.07.